The highest BCUT2D eigenvalue weighted by atomic mass is 79.9. The lowest BCUT2D eigenvalue weighted by Gasteiger charge is -2.14. The van der Waals surface area contributed by atoms with Crippen LogP contribution in [0.5, 0.6) is 0 Å². The molecule has 0 spiro atoms. The first kappa shape index (κ1) is 18.1. The van der Waals surface area contributed by atoms with Gasteiger partial charge >= 0.3 is 5.97 Å². The van der Waals surface area contributed by atoms with Gasteiger partial charge in [0.05, 0.1) is 5.56 Å². The summed E-state index contributed by atoms with van der Waals surface area (Å²) in [6.07, 6.45) is 1.58. The van der Waals surface area contributed by atoms with E-state index < -0.39 is 32.3 Å². The van der Waals surface area contributed by atoms with Gasteiger partial charge in [-0.05, 0) is 18.1 Å². The topological polar surface area (TPSA) is 83.5 Å². The number of benzene rings is 1. The summed E-state index contributed by atoms with van der Waals surface area (Å²) in [7, 11) is -4.10. The van der Waals surface area contributed by atoms with E-state index in [2.05, 4.69) is 20.7 Å². The Balaban J connectivity index is 3.17. The van der Waals surface area contributed by atoms with E-state index in [4.69, 9.17) is 5.11 Å². The van der Waals surface area contributed by atoms with Crippen molar-refractivity contribution in [3.8, 4) is 0 Å². The molecule has 21 heavy (non-hydrogen) atoms. The molecule has 1 rings (SSSR count). The number of aromatic carboxylic acids is 1. The maximum absolute atomic E-state index is 14.1. The van der Waals surface area contributed by atoms with Crippen molar-refractivity contribution >= 4 is 31.9 Å². The van der Waals surface area contributed by atoms with Crippen molar-refractivity contribution in [1.82, 2.24) is 4.72 Å². The maximum Gasteiger partial charge on any atom is 0.338 e. The second-order valence-corrected chi connectivity index (χ2v) is 7.26. The zero-order valence-corrected chi connectivity index (χ0v) is 14.1. The van der Waals surface area contributed by atoms with Crippen molar-refractivity contribution in [3.63, 3.8) is 0 Å². The summed E-state index contributed by atoms with van der Waals surface area (Å²) < 4.78 is 40.9. The highest BCUT2D eigenvalue weighted by Gasteiger charge is 2.25. The molecule has 0 aromatic heterocycles. The molecule has 1 aromatic carbocycles. The minimum absolute atomic E-state index is 0.147. The van der Waals surface area contributed by atoms with Gasteiger partial charge in [-0.1, -0.05) is 42.6 Å². The molecule has 0 saturated carbocycles. The van der Waals surface area contributed by atoms with E-state index in [9.17, 15) is 17.6 Å². The van der Waals surface area contributed by atoms with Crippen LogP contribution in [0.4, 0.5) is 4.39 Å². The average Bonchev–Trinajstić information content (AvgIpc) is 2.41. The van der Waals surface area contributed by atoms with Crippen LogP contribution in [0.3, 0.4) is 0 Å². The number of hydrogen-bond acceptors (Lipinski definition) is 3. The molecule has 0 fully saturated rings. The van der Waals surface area contributed by atoms with E-state index in [0.717, 1.165) is 25.0 Å². The largest absolute Gasteiger partial charge is 0.478 e. The Hall–Kier alpha value is -0.990. The Morgan fingerprint density at radius 2 is 1.95 bits per heavy atom. The van der Waals surface area contributed by atoms with Gasteiger partial charge < -0.3 is 5.11 Å². The monoisotopic (exact) mass is 381 g/mol. The number of carboxylic acids is 1. The Kier molecular flexibility index (Phi) is 6.30. The van der Waals surface area contributed by atoms with Gasteiger partial charge in [-0.2, -0.15) is 0 Å². The molecule has 0 unspecified atom stereocenters. The molecule has 0 aliphatic carbocycles. The first-order valence-corrected chi connectivity index (χ1v) is 8.72. The summed E-state index contributed by atoms with van der Waals surface area (Å²) in [6, 6.07) is 2.08. The number of hydrogen-bond donors (Lipinski definition) is 2. The van der Waals surface area contributed by atoms with Crippen molar-refractivity contribution in [1.29, 1.82) is 0 Å². The molecule has 0 aliphatic heterocycles. The van der Waals surface area contributed by atoms with E-state index in [1.807, 2.05) is 13.8 Å². The molecule has 5 nitrogen and oxygen atoms in total. The van der Waals surface area contributed by atoms with E-state index in [0.29, 0.717) is 0 Å². The van der Waals surface area contributed by atoms with Crippen molar-refractivity contribution < 1.29 is 22.7 Å². The van der Waals surface area contributed by atoms with E-state index in [-0.39, 0.29) is 16.9 Å². The molecular weight excluding hydrogens is 365 g/mol. The second kappa shape index (κ2) is 7.33. The Morgan fingerprint density at radius 1 is 1.38 bits per heavy atom. The Morgan fingerprint density at radius 3 is 2.43 bits per heavy atom. The van der Waals surface area contributed by atoms with Gasteiger partial charge in [0.1, 0.15) is 4.90 Å². The maximum atomic E-state index is 14.1. The number of nitrogens with one attached hydrogen (secondary N) is 1. The van der Waals surface area contributed by atoms with Gasteiger partial charge in [0.15, 0.2) is 5.82 Å². The molecule has 118 valence electrons. The molecule has 0 heterocycles. The van der Waals surface area contributed by atoms with Crippen molar-refractivity contribution in [3.05, 3.63) is 28.0 Å². The minimum Gasteiger partial charge on any atom is -0.478 e. The molecule has 2 N–H and O–H groups in total. The number of carbonyl (C=O) groups is 1. The molecule has 0 amide bonds. The van der Waals surface area contributed by atoms with Crippen LogP contribution >= 0.6 is 15.9 Å². The lowest BCUT2D eigenvalue weighted by atomic mass is 10.0. The van der Waals surface area contributed by atoms with Crippen LogP contribution in [0.15, 0.2) is 21.5 Å². The number of carboxylic acid groups (broad SMARTS) is 1. The van der Waals surface area contributed by atoms with E-state index in [1.54, 1.807) is 0 Å². The fourth-order valence-corrected chi connectivity index (χ4v) is 3.65. The van der Waals surface area contributed by atoms with Crippen LogP contribution in [0, 0.1) is 11.7 Å². The standard InChI is InChI=1S/C13H17BrFNO4S/c1-3-8(4-2)7-16-21(19,20)11-6-9(14)5-10(12(11)15)13(17)18/h5-6,8,16H,3-4,7H2,1-2H3,(H,17,18). The zero-order valence-electron chi connectivity index (χ0n) is 11.7. The van der Waals surface area contributed by atoms with Gasteiger partial charge in [-0.25, -0.2) is 22.3 Å². The zero-order chi connectivity index (χ0) is 16.2. The fraction of sp³-hybridized carbons (Fsp3) is 0.462. The molecule has 8 heteroatoms. The van der Waals surface area contributed by atoms with Crippen LogP contribution in [0.1, 0.15) is 37.0 Å². The van der Waals surface area contributed by atoms with Crippen LogP contribution in [0.25, 0.3) is 0 Å². The highest BCUT2D eigenvalue weighted by Crippen LogP contribution is 2.24. The average molecular weight is 382 g/mol. The third kappa shape index (κ3) is 4.49. The summed E-state index contributed by atoms with van der Waals surface area (Å²) in [5.74, 6) is -2.64. The van der Waals surface area contributed by atoms with E-state index >= 15 is 0 Å². The van der Waals surface area contributed by atoms with Crippen LogP contribution in [-0.2, 0) is 10.0 Å². The molecule has 1 aromatic rings. The third-order valence-electron chi connectivity index (χ3n) is 3.24. The fourth-order valence-electron chi connectivity index (χ4n) is 1.80. The summed E-state index contributed by atoms with van der Waals surface area (Å²) in [4.78, 5) is 10.3. The lowest BCUT2D eigenvalue weighted by molar-refractivity contribution is 0.0691. The molecule has 0 saturated heterocycles. The van der Waals surface area contributed by atoms with Gasteiger partial charge in [0, 0.05) is 11.0 Å². The van der Waals surface area contributed by atoms with Gasteiger partial charge in [0.2, 0.25) is 10.0 Å². The first-order chi connectivity index (χ1) is 9.72. The molecule has 0 aliphatic rings. The smallest absolute Gasteiger partial charge is 0.338 e. The van der Waals surface area contributed by atoms with Crippen molar-refractivity contribution in [2.45, 2.75) is 31.6 Å². The normalized spacial score (nSPS) is 11.9. The number of sulfonamides is 1. The highest BCUT2D eigenvalue weighted by molar-refractivity contribution is 9.10. The SMILES string of the molecule is CCC(CC)CNS(=O)(=O)c1cc(Br)cc(C(=O)O)c1F. The van der Waals surface area contributed by atoms with Crippen molar-refractivity contribution in [2.75, 3.05) is 6.54 Å². The minimum atomic E-state index is -4.10. The number of halogens is 2. The second-order valence-electron chi connectivity index (χ2n) is 4.61. The number of rotatable bonds is 7. The predicted molar refractivity (Wildman–Crippen MR) is 80.3 cm³/mol. The van der Waals surface area contributed by atoms with Crippen LogP contribution < -0.4 is 4.72 Å². The van der Waals surface area contributed by atoms with Gasteiger partial charge in [-0.15, -0.1) is 0 Å². The van der Waals surface area contributed by atoms with Gasteiger partial charge in [-0.3, -0.25) is 0 Å². The van der Waals surface area contributed by atoms with E-state index in [1.165, 1.54) is 0 Å². The molecule has 0 atom stereocenters. The third-order valence-corrected chi connectivity index (χ3v) is 5.12. The van der Waals surface area contributed by atoms with Crippen LogP contribution in [0.2, 0.25) is 0 Å². The lowest BCUT2D eigenvalue weighted by Crippen LogP contribution is -2.30. The quantitative estimate of drug-likeness (QED) is 0.760. The molecular formula is C13H17BrFNO4S. The van der Waals surface area contributed by atoms with Crippen LogP contribution in [-0.4, -0.2) is 26.0 Å². The van der Waals surface area contributed by atoms with Gasteiger partial charge in [0.25, 0.3) is 0 Å². The molecule has 0 bridgehead atoms. The van der Waals surface area contributed by atoms with Crippen molar-refractivity contribution in [2.24, 2.45) is 5.92 Å². The summed E-state index contributed by atoms with van der Waals surface area (Å²) in [5.41, 5.74) is -0.688. The Labute approximate surface area is 131 Å². The predicted octanol–water partition coefficient (Wildman–Crippen LogP) is 3.00. The molecule has 0 radical (unpaired) electrons. The summed E-state index contributed by atoms with van der Waals surface area (Å²) in [6.45, 7) is 4.05. The first-order valence-electron chi connectivity index (χ1n) is 6.44. The Bertz CT molecular complexity index is 629. The summed E-state index contributed by atoms with van der Waals surface area (Å²) in [5, 5.41) is 8.90. The summed E-state index contributed by atoms with van der Waals surface area (Å²) >= 11 is 2.99.